The van der Waals surface area contributed by atoms with Crippen molar-refractivity contribution in [1.82, 2.24) is 4.57 Å². The van der Waals surface area contributed by atoms with Crippen LogP contribution >= 0.6 is 11.3 Å². The zero-order valence-electron chi connectivity index (χ0n) is 19.2. The van der Waals surface area contributed by atoms with Crippen LogP contribution in [0, 0.1) is 0 Å². The Hall–Kier alpha value is -3.79. The van der Waals surface area contributed by atoms with Gasteiger partial charge in [0.05, 0.1) is 28.5 Å². The van der Waals surface area contributed by atoms with Gasteiger partial charge in [-0.25, -0.2) is 9.79 Å². The maximum Gasteiger partial charge on any atom is 0.338 e. The third kappa shape index (κ3) is 3.69. The first-order chi connectivity index (χ1) is 16.4. The van der Waals surface area contributed by atoms with Crippen LogP contribution in [0.4, 0.5) is 5.88 Å². The normalized spacial score (nSPS) is 16.9. The van der Waals surface area contributed by atoms with Gasteiger partial charge in [-0.15, -0.1) is 0 Å². The van der Waals surface area contributed by atoms with Crippen LogP contribution in [0.3, 0.4) is 0 Å². The van der Waals surface area contributed by atoms with Gasteiger partial charge in [-0.1, -0.05) is 17.4 Å². The first kappa shape index (κ1) is 22.0. The van der Waals surface area contributed by atoms with Gasteiger partial charge in [0.15, 0.2) is 22.2 Å². The molecule has 0 saturated carbocycles. The average Bonchev–Trinajstić information content (AvgIpc) is 3.52. The van der Waals surface area contributed by atoms with E-state index in [1.807, 2.05) is 31.1 Å². The molecule has 10 heteroatoms. The Balaban J connectivity index is 1.70. The largest absolute Gasteiger partial charge is 0.463 e. The fourth-order valence-corrected chi connectivity index (χ4v) is 5.01. The maximum atomic E-state index is 13.6. The predicted molar refractivity (Wildman–Crippen MR) is 126 cm³/mol. The molecule has 1 atom stereocenters. The van der Waals surface area contributed by atoms with E-state index < -0.39 is 12.0 Å². The fourth-order valence-electron chi connectivity index (χ4n) is 3.98. The van der Waals surface area contributed by atoms with Crippen molar-refractivity contribution in [2.75, 3.05) is 32.4 Å². The molecule has 1 aromatic carbocycles. The number of benzene rings is 1. The van der Waals surface area contributed by atoms with E-state index >= 15 is 0 Å². The molecule has 0 fully saturated rings. The highest BCUT2D eigenvalue weighted by molar-refractivity contribution is 7.07. The Morgan fingerprint density at radius 1 is 1.26 bits per heavy atom. The van der Waals surface area contributed by atoms with Crippen molar-refractivity contribution in [3.05, 3.63) is 72.6 Å². The van der Waals surface area contributed by atoms with Crippen molar-refractivity contribution in [2.24, 2.45) is 4.99 Å². The topological polar surface area (TPSA) is 95.5 Å². The van der Waals surface area contributed by atoms with Crippen LogP contribution in [0.1, 0.15) is 31.2 Å². The minimum atomic E-state index is -0.721. The summed E-state index contributed by atoms with van der Waals surface area (Å²) in [4.78, 5) is 33.5. The minimum absolute atomic E-state index is 0.124. The molecule has 4 heterocycles. The molecule has 2 aliphatic heterocycles. The van der Waals surface area contributed by atoms with Gasteiger partial charge >= 0.3 is 5.97 Å². The van der Waals surface area contributed by atoms with E-state index in [2.05, 4.69) is 4.99 Å². The fraction of sp³-hybridized carbons (Fsp3) is 0.292. The van der Waals surface area contributed by atoms with Gasteiger partial charge in [-0.3, -0.25) is 9.36 Å². The van der Waals surface area contributed by atoms with E-state index in [4.69, 9.17) is 18.6 Å². The molecular weight excluding hydrogens is 458 g/mol. The predicted octanol–water partition coefficient (Wildman–Crippen LogP) is 2.19. The second-order valence-corrected chi connectivity index (χ2v) is 8.99. The molecular formula is C24H23N3O6S. The van der Waals surface area contributed by atoms with Gasteiger partial charge < -0.3 is 23.5 Å². The minimum Gasteiger partial charge on any atom is -0.463 e. The third-order valence-corrected chi connectivity index (χ3v) is 6.54. The van der Waals surface area contributed by atoms with Crippen LogP contribution in [0.2, 0.25) is 0 Å². The Morgan fingerprint density at radius 3 is 2.79 bits per heavy atom. The van der Waals surface area contributed by atoms with Gasteiger partial charge in [0, 0.05) is 26.2 Å². The standard InChI is InChI=1S/C24H23N3O6S/c1-5-30-23(29)20-13(2)25-24-27(21(20)14-6-8-16-17(10-14)32-12-31-16)22(28)18(34-24)11-15-7-9-19(33-15)26(3)4/h6-11,21H,5,12H2,1-4H3/b18-11+. The second kappa shape index (κ2) is 8.53. The molecule has 0 aliphatic carbocycles. The zero-order chi connectivity index (χ0) is 24.0. The Morgan fingerprint density at radius 2 is 2.06 bits per heavy atom. The molecule has 5 rings (SSSR count). The molecule has 0 saturated heterocycles. The second-order valence-electron chi connectivity index (χ2n) is 7.99. The molecule has 0 N–H and O–H groups in total. The lowest BCUT2D eigenvalue weighted by Crippen LogP contribution is -2.39. The van der Waals surface area contributed by atoms with E-state index in [1.165, 1.54) is 15.9 Å². The van der Waals surface area contributed by atoms with Crippen LogP contribution in [0.15, 0.2) is 55.8 Å². The number of thiazole rings is 1. The number of hydrogen-bond acceptors (Lipinski definition) is 9. The van der Waals surface area contributed by atoms with Crippen LogP contribution in [0.5, 0.6) is 11.5 Å². The molecule has 9 nitrogen and oxygen atoms in total. The van der Waals surface area contributed by atoms with E-state index in [9.17, 15) is 9.59 Å². The summed E-state index contributed by atoms with van der Waals surface area (Å²) in [6.07, 6.45) is 1.69. The SMILES string of the molecule is CCOC(=O)C1=C(C)N=c2s/c(=C/c3ccc(N(C)C)o3)c(=O)n2C1c1ccc2c(c1)OCO2. The lowest BCUT2D eigenvalue weighted by atomic mass is 9.95. The number of aromatic nitrogens is 1. The quantitative estimate of drug-likeness (QED) is 0.516. The molecule has 3 aromatic rings. The van der Waals surface area contributed by atoms with Gasteiger partial charge in [0.25, 0.3) is 5.56 Å². The number of esters is 1. The van der Waals surface area contributed by atoms with E-state index in [-0.39, 0.29) is 19.0 Å². The number of carbonyl (C=O) groups is 1. The summed E-state index contributed by atoms with van der Waals surface area (Å²) in [6.45, 7) is 3.82. The van der Waals surface area contributed by atoms with Crippen LogP contribution in [0.25, 0.3) is 6.08 Å². The molecule has 34 heavy (non-hydrogen) atoms. The molecule has 0 spiro atoms. The number of ether oxygens (including phenoxy) is 3. The molecule has 1 unspecified atom stereocenters. The highest BCUT2D eigenvalue weighted by Crippen LogP contribution is 2.38. The highest BCUT2D eigenvalue weighted by atomic mass is 32.1. The number of fused-ring (bicyclic) bond motifs is 2. The molecule has 0 radical (unpaired) electrons. The summed E-state index contributed by atoms with van der Waals surface area (Å²) in [7, 11) is 3.75. The van der Waals surface area contributed by atoms with Crippen LogP contribution in [-0.2, 0) is 9.53 Å². The Kier molecular flexibility index (Phi) is 5.52. The van der Waals surface area contributed by atoms with Gasteiger partial charge in [-0.05, 0) is 37.6 Å². The summed E-state index contributed by atoms with van der Waals surface area (Å²) in [5.41, 5.74) is 1.24. The summed E-state index contributed by atoms with van der Waals surface area (Å²) in [6, 6.07) is 8.30. The van der Waals surface area contributed by atoms with E-state index in [1.54, 1.807) is 38.1 Å². The number of rotatable bonds is 5. The lowest BCUT2D eigenvalue weighted by Gasteiger charge is -2.24. The molecule has 0 bridgehead atoms. The summed E-state index contributed by atoms with van der Waals surface area (Å²) >= 11 is 1.24. The van der Waals surface area contributed by atoms with Crippen molar-refractivity contribution < 1.29 is 23.4 Å². The average molecular weight is 482 g/mol. The van der Waals surface area contributed by atoms with E-state index in [0.717, 1.165) is 0 Å². The summed E-state index contributed by atoms with van der Waals surface area (Å²) in [5.74, 6) is 1.89. The number of furan rings is 1. The zero-order valence-corrected chi connectivity index (χ0v) is 20.0. The van der Waals surface area contributed by atoms with Crippen molar-refractivity contribution >= 4 is 29.3 Å². The number of anilines is 1. The Labute approximate surface area is 198 Å². The summed E-state index contributed by atoms with van der Waals surface area (Å²) in [5, 5.41) is 0. The van der Waals surface area contributed by atoms with Gasteiger partial charge in [0.2, 0.25) is 6.79 Å². The number of nitrogens with zero attached hydrogens (tertiary/aromatic N) is 3. The van der Waals surface area contributed by atoms with Crippen LogP contribution < -0.4 is 29.3 Å². The number of allylic oxidation sites excluding steroid dienone is 1. The van der Waals surface area contributed by atoms with Crippen molar-refractivity contribution in [2.45, 2.75) is 19.9 Å². The number of carbonyl (C=O) groups excluding carboxylic acids is 1. The van der Waals surface area contributed by atoms with Crippen molar-refractivity contribution in [3.63, 3.8) is 0 Å². The molecule has 0 amide bonds. The van der Waals surface area contributed by atoms with Gasteiger partial charge in [0.1, 0.15) is 5.76 Å². The van der Waals surface area contributed by atoms with Crippen LogP contribution in [-0.4, -0.2) is 38.0 Å². The maximum absolute atomic E-state index is 13.6. The van der Waals surface area contributed by atoms with Crippen molar-refractivity contribution in [1.29, 1.82) is 0 Å². The monoisotopic (exact) mass is 481 g/mol. The lowest BCUT2D eigenvalue weighted by molar-refractivity contribution is -0.139. The first-order valence-corrected chi connectivity index (χ1v) is 11.6. The van der Waals surface area contributed by atoms with Gasteiger partial charge in [-0.2, -0.15) is 0 Å². The molecule has 176 valence electrons. The summed E-state index contributed by atoms with van der Waals surface area (Å²) < 4.78 is 24.1. The van der Waals surface area contributed by atoms with E-state index in [0.29, 0.717) is 49.3 Å². The van der Waals surface area contributed by atoms with Crippen molar-refractivity contribution in [3.8, 4) is 11.5 Å². The molecule has 2 aromatic heterocycles. The number of hydrogen-bond donors (Lipinski definition) is 0. The highest BCUT2D eigenvalue weighted by Gasteiger charge is 2.34. The molecule has 2 aliphatic rings. The smallest absolute Gasteiger partial charge is 0.338 e. The third-order valence-electron chi connectivity index (χ3n) is 5.56. The first-order valence-electron chi connectivity index (χ1n) is 10.7. The Bertz CT molecular complexity index is 1490.